The predicted molar refractivity (Wildman–Crippen MR) is 156 cm³/mol. The van der Waals surface area contributed by atoms with E-state index >= 15 is 0 Å². The van der Waals surface area contributed by atoms with Crippen LogP contribution in [0.2, 0.25) is 0 Å². The number of hydrogen-bond acceptors (Lipinski definition) is 1. The molecule has 0 saturated carbocycles. The Kier molecular flexibility index (Phi) is 7.10. The van der Waals surface area contributed by atoms with E-state index < -0.39 is 15.2 Å². The molecule has 0 N–H and O–H groups in total. The normalized spacial score (nSPS) is 12.2. The molecule has 0 aromatic heterocycles. The highest BCUT2D eigenvalue weighted by molar-refractivity contribution is 7.95. The van der Waals surface area contributed by atoms with Gasteiger partial charge in [0, 0.05) is 5.30 Å². The summed E-state index contributed by atoms with van der Waals surface area (Å²) in [5.41, 5.74) is 0. The molecule has 0 bridgehead atoms. The molecule has 1 unspecified atom stereocenters. The Hall–Kier alpha value is -3.24. The fourth-order valence-electron chi connectivity index (χ4n) is 4.52. The van der Waals surface area contributed by atoms with Gasteiger partial charge in [0.1, 0.15) is 28.9 Å². The molecule has 172 valence electrons. The number of rotatable bonds is 7. The van der Waals surface area contributed by atoms with Crippen LogP contribution in [-0.2, 0) is 0 Å². The largest absolute Gasteiger partial charge is 0.453 e. The molecule has 5 aromatic carbocycles. The first-order valence-corrected chi connectivity index (χ1v) is 15.8. The fourth-order valence-corrected chi connectivity index (χ4v) is 9.52. The van der Waals surface area contributed by atoms with E-state index in [2.05, 4.69) is 153 Å². The minimum atomic E-state index is -1.92. The minimum Gasteiger partial charge on any atom is -0.453 e. The summed E-state index contributed by atoms with van der Waals surface area (Å²) in [6, 6.07) is 49.6. The van der Waals surface area contributed by atoms with Gasteiger partial charge in [-0.1, -0.05) is 97.1 Å². The summed E-state index contributed by atoms with van der Waals surface area (Å²) in [7, 11) is -2.45. The maximum Gasteiger partial charge on any atom is 0.170 e. The highest BCUT2D eigenvalue weighted by Gasteiger charge is 2.42. The number of benzene rings is 5. The van der Waals surface area contributed by atoms with Crippen LogP contribution in [-0.4, -0.2) is 13.3 Å². The molecule has 5 aromatic rings. The SMILES string of the molecule is CP(c1ccccc1)c1ccccc1Oc1ccccc1[P+](C)(c1ccccc1)c1ccccc1. The van der Waals surface area contributed by atoms with Crippen LogP contribution in [0.4, 0.5) is 0 Å². The lowest BCUT2D eigenvalue weighted by atomic mass is 10.3. The van der Waals surface area contributed by atoms with Gasteiger partial charge in [0.05, 0.1) is 6.66 Å². The highest BCUT2D eigenvalue weighted by atomic mass is 31.2. The molecule has 0 amide bonds. The first-order chi connectivity index (χ1) is 17.2. The zero-order valence-electron chi connectivity index (χ0n) is 20.1. The van der Waals surface area contributed by atoms with Crippen molar-refractivity contribution in [3.63, 3.8) is 0 Å². The van der Waals surface area contributed by atoms with E-state index in [0.29, 0.717) is 0 Å². The van der Waals surface area contributed by atoms with Crippen LogP contribution >= 0.6 is 15.2 Å². The van der Waals surface area contributed by atoms with Gasteiger partial charge in [0.2, 0.25) is 0 Å². The van der Waals surface area contributed by atoms with E-state index in [-0.39, 0.29) is 0 Å². The Bertz CT molecular complexity index is 1350. The molecule has 5 rings (SSSR count). The Morgan fingerprint density at radius 2 is 0.971 bits per heavy atom. The molecule has 0 saturated heterocycles. The first-order valence-electron chi connectivity index (χ1n) is 11.8. The smallest absolute Gasteiger partial charge is 0.170 e. The lowest BCUT2D eigenvalue weighted by Gasteiger charge is -2.25. The van der Waals surface area contributed by atoms with E-state index in [9.17, 15) is 0 Å². The lowest BCUT2D eigenvalue weighted by molar-refractivity contribution is 0.490. The van der Waals surface area contributed by atoms with Crippen LogP contribution in [0, 0.1) is 0 Å². The molecule has 35 heavy (non-hydrogen) atoms. The van der Waals surface area contributed by atoms with Crippen LogP contribution in [0.25, 0.3) is 0 Å². The lowest BCUT2D eigenvalue weighted by Crippen LogP contribution is -2.31. The van der Waals surface area contributed by atoms with E-state index in [4.69, 9.17) is 4.74 Å². The average molecular weight is 492 g/mol. The van der Waals surface area contributed by atoms with Gasteiger partial charge < -0.3 is 4.74 Å². The first kappa shape index (κ1) is 23.5. The Balaban J connectivity index is 1.62. The zero-order valence-corrected chi connectivity index (χ0v) is 21.9. The van der Waals surface area contributed by atoms with Gasteiger partial charge in [-0.25, -0.2) is 0 Å². The standard InChI is InChI=1S/C32H29OP2/c1-34(26-16-6-3-7-17-26)31-24-14-12-22-29(31)33-30-23-13-15-25-32(30)35(2,27-18-8-4-9-19-27)28-20-10-5-11-21-28/h3-25H,1-2H3/q+1. The van der Waals surface area contributed by atoms with Crippen molar-refractivity contribution in [3.05, 3.63) is 140 Å². The predicted octanol–water partition coefficient (Wildman–Crippen LogP) is 6.47. The van der Waals surface area contributed by atoms with E-state index in [0.717, 1.165) is 11.5 Å². The van der Waals surface area contributed by atoms with Gasteiger partial charge in [-0.2, -0.15) is 0 Å². The van der Waals surface area contributed by atoms with E-state index in [1.165, 1.54) is 26.5 Å². The van der Waals surface area contributed by atoms with Gasteiger partial charge >= 0.3 is 0 Å². The fraction of sp³-hybridized carbons (Fsp3) is 0.0625. The second kappa shape index (κ2) is 10.6. The summed E-state index contributed by atoms with van der Waals surface area (Å²) < 4.78 is 6.82. The number of para-hydroxylation sites is 2. The van der Waals surface area contributed by atoms with Crippen molar-refractivity contribution >= 4 is 41.7 Å². The third kappa shape index (κ3) is 4.81. The molecule has 0 aliphatic carbocycles. The summed E-state index contributed by atoms with van der Waals surface area (Å²) in [6.07, 6.45) is 0. The zero-order chi connectivity index (χ0) is 24.1. The molecular weight excluding hydrogens is 462 g/mol. The Morgan fingerprint density at radius 3 is 1.57 bits per heavy atom. The van der Waals surface area contributed by atoms with Crippen molar-refractivity contribution in [2.24, 2.45) is 0 Å². The minimum absolute atomic E-state index is 0.529. The second-order valence-electron chi connectivity index (χ2n) is 8.61. The number of hydrogen-bond donors (Lipinski definition) is 0. The molecule has 1 atom stereocenters. The topological polar surface area (TPSA) is 9.23 Å². The summed E-state index contributed by atoms with van der Waals surface area (Å²) in [4.78, 5) is 0. The van der Waals surface area contributed by atoms with E-state index in [1.807, 2.05) is 0 Å². The molecule has 0 aliphatic heterocycles. The van der Waals surface area contributed by atoms with Crippen LogP contribution in [0.1, 0.15) is 0 Å². The Morgan fingerprint density at radius 1 is 0.514 bits per heavy atom. The van der Waals surface area contributed by atoms with Crippen LogP contribution < -0.4 is 31.3 Å². The molecule has 1 nitrogen and oxygen atoms in total. The molecule has 0 aliphatic rings. The van der Waals surface area contributed by atoms with Gasteiger partial charge in [0.25, 0.3) is 0 Å². The molecular formula is C32H29OP2+. The maximum atomic E-state index is 6.82. The van der Waals surface area contributed by atoms with Gasteiger partial charge in [-0.3, -0.25) is 0 Å². The summed E-state index contributed by atoms with van der Waals surface area (Å²) in [5, 5.41) is 6.54. The molecule has 0 fully saturated rings. The molecule has 3 heteroatoms. The second-order valence-corrected chi connectivity index (χ2v) is 14.3. The van der Waals surface area contributed by atoms with Gasteiger partial charge in [0.15, 0.2) is 5.75 Å². The van der Waals surface area contributed by atoms with Gasteiger partial charge in [-0.05, 0) is 62.4 Å². The van der Waals surface area contributed by atoms with Crippen molar-refractivity contribution in [3.8, 4) is 11.5 Å². The van der Waals surface area contributed by atoms with Crippen molar-refractivity contribution in [1.29, 1.82) is 0 Å². The molecule has 0 radical (unpaired) electrons. The monoisotopic (exact) mass is 491 g/mol. The quantitative estimate of drug-likeness (QED) is 0.237. The average Bonchev–Trinajstić information content (AvgIpc) is 2.94. The summed E-state index contributed by atoms with van der Waals surface area (Å²) in [6.45, 7) is 4.71. The third-order valence-corrected chi connectivity index (χ3v) is 12.6. The van der Waals surface area contributed by atoms with Crippen LogP contribution in [0.3, 0.4) is 0 Å². The molecule has 0 spiro atoms. The van der Waals surface area contributed by atoms with Crippen molar-refractivity contribution in [2.45, 2.75) is 0 Å². The van der Waals surface area contributed by atoms with Crippen molar-refractivity contribution in [1.82, 2.24) is 0 Å². The maximum absolute atomic E-state index is 6.82. The molecule has 0 heterocycles. The summed E-state index contributed by atoms with van der Waals surface area (Å²) >= 11 is 0. The third-order valence-electron chi connectivity index (χ3n) is 6.48. The number of ether oxygens (including phenoxy) is 1. The van der Waals surface area contributed by atoms with Crippen LogP contribution in [0.5, 0.6) is 11.5 Å². The van der Waals surface area contributed by atoms with Crippen LogP contribution in [0.15, 0.2) is 140 Å². The highest BCUT2D eigenvalue weighted by Crippen LogP contribution is 2.54. The van der Waals surface area contributed by atoms with E-state index in [1.54, 1.807) is 0 Å². The van der Waals surface area contributed by atoms with Crippen molar-refractivity contribution < 1.29 is 4.74 Å². The summed E-state index contributed by atoms with van der Waals surface area (Å²) in [5.74, 6) is 1.87. The van der Waals surface area contributed by atoms with Gasteiger partial charge in [-0.15, -0.1) is 0 Å². The Labute approximate surface area is 210 Å². The van der Waals surface area contributed by atoms with Crippen molar-refractivity contribution in [2.75, 3.05) is 13.3 Å².